The molecule has 1 saturated heterocycles. The minimum Gasteiger partial charge on any atom is -0.490 e. The molecular formula is C31H36FIN2O3S. The number of thioether (sulfide) groups is 1. The Morgan fingerprint density at radius 2 is 1.77 bits per heavy atom. The monoisotopic (exact) mass is 662 g/mol. The van der Waals surface area contributed by atoms with Crippen molar-refractivity contribution in [3.8, 4) is 11.5 Å². The van der Waals surface area contributed by atoms with Crippen LogP contribution in [-0.2, 0) is 11.4 Å². The van der Waals surface area contributed by atoms with Gasteiger partial charge < -0.3 is 9.47 Å². The largest absolute Gasteiger partial charge is 0.490 e. The maximum Gasteiger partial charge on any atom is 0.266 e. The second-order valence-electron chi connectivity index (χ2n) is 10.4. The Kier molecular flexibility index (Phi) is 9.87. The molecule has 2 saturated carbocycles. The van der Waals surface area contributed by atoms with E-state index in [9.17, 15) is 9.18 Å². The average Bonchev–Trinajstić information content (AvgIpc) is 3.24. The maximum atomic E-state index is 14.1. The van der Waals surface area contributed by atoms with Gasteiger partial charge in [0.25, 0.3) is 5.91 Å². The van der Waals surface area contributed by atoms with E-state index in [0.717, 1.165) is 40.0 Å². The van der Waals surface area contributed by atoms with Crippen LogP contribution >= 0.6 is 34.4 Å². The second-order valence-corrected chi connectivity index (χ2v) is 12.6. The van der Waals surface area contributed by atoms with E-state index < -0.39 is 0 Å². The van der Waals surface area contributed by atoms with Crippen molar-refractivity contribution in [3.63, 3.8) is 0 Å². The normalized spacial score (nSPS) is 21.2. The molecule has 8 heteroatoms. The van der Waals surface area contributed by atoms with E-state index in [-0.39, 0.29) is 24.4 Å². The maximum absolute atomic E-state index is 14.1. The number of hydrogen-bond acceptors (Lipinski definition) is 5. The lowest BCUT2D eigenvalue weighted by atomic mass is 9.94. The van der Waals surface area contributed by atoms with Crippen LogP contribution in [0, 0.1) is 9.39 Å². The van der Waals surface area contributed by atoms with Crippen LogP contribution in [-0.4, -0.2) is 34.7 Å². The SMILES string of the molecule is CCOc1cc(C=C2SC(=NC3CCCCC3)N(C3CCCCC3)C2=O)cc(I)c1OCc1ccccc1F. The number of halogens is 2. The van der Waals surface area contributed by atoms with Gasteiger partial charge in [0.2, 0.25) is 0 Å². The fourth-order valence-corrected chi connectivity index (χ4v) is 7.49. The highest BCUT2D eigenvalue weighted by Gasteiger charge is 2.39. The summed E-state index contributed by atoms with van der Waals surface area (Å²) in [7, 11) is 0. The molecule has 2 aromatic rings. The molecule has 0 bridgehead atoms. The first kappa shape index (κ1) is 28.5. The predicted molar refractivity (Wildman–Crippen MR) is 165 cm³/mol. The molecule has 0 radical (unpaired) electrons. The minimum atomic E-state index is -0.295. The van der Waals surface area contributed by atoms with Gasteiger partial charge in [-0.2, -0.15) is 0 Å². The predicted octanol–water partition coefficient (Wildman–Crippen LogP) is 8.35. The standard InChI is InChI=1S/C31H36FIN2O3S/c1-2-37-27-18-21(17-26(33)29(27)38-20-22-11-9-10-16-25(22)32)19-28-30(36)35(24-14-7-4-8-15-24)31(39-28)34-23-12-5-3-6-13-23/h9-11,16-19,23-24H,2-8,12-15,20H2,1H3. The molecule has 2 aromatic carbocycles. The van der Waals surface area contributed by atoms with Crippen molar-refractivity contribution in [1.29, 1.82) is 0 Å². The van der Waals surface area contributed by atoms with Crippen LogP contribution in [0.1, 0.15) is 82.3 Å². The molecule has 5 rings (SSSR count). The summed E-state index contributed by atoms with van der Waals surface area (Å²) in [5.41, 5.74) is 1.36. The van der Waals surface area contributed by atoms with Crippen LogP contribution < -0.4 is 9.47 Å². The highest BCUT2D eigenvalue weighted by atomic mass is 127. The van der Waals surface area contributed by atoms with Gasteiger partial charge in [-0.3, -0.25) is 14.7 Å². The van der Waals surface area contributed by atoms with E-state index in [1.165, 1.54) is 56.4 Å². The smallest absolute Gasteiger partial charge is 0.266 e. The van der Waals surface area contributed by atoms with E-state index in [0.29, 0.717) is 34.6 Å². The fourth-order valence-electron chi connectivity index (χ4n) is 5.60. The first-order valence-corrected chi connectivity index (χ1v) is 16.1. The molecular weight excluding hydrogens is 626 g/mol. The van der Waals surface area contributed by atoms with Crippen LogP contribution in [0.2, 0.25) is 0 Å². The molecule has 0 spiro atoms. The Labute approximate surface area is 248 Å². The number of amidine groups is 1. The first-order chi connectivity index (χ1) is 19.0. The zero-order chi connectivity index (χ0) is 27.2. The third-order valence-corrected chi connectivity index (χ3v) is 9.40. The van der Waals surface area contributed by atoms with Crippen molar-refractivity contribution in [2.75, 3.05) is 6.61 Å². The number of aliphatic imine (C=N–C) groups is 1. The molecule has 0 atom stereocenters. The van der Waals surface area contributed by atoms with Crippen molar-refractivity contribution in [1.82, 2.24) is 4.90 Å². The molecule has 3 fully saturated rings. The van der Waals surface area contributed by atoms with E-state index in [2.05, 4.69) is 22.6 Å². The zero-order valence-corrected chi connectivity index (χ0v) is 25.4. The summed E-state index contributed by atoms with van der Waals surface area (Å²) in [5, 5.41) is 0.884. The topological polar surface area (TPSA) is 51.1 Å². The van der Waals surface area contributed by atoms with E-state index in [4.69, 9.17) is 14.5 Å². The van der Waals surface area contributed by atoms with Crippen molar-refractivity contribution in [2.45, 2.75) is 89.8 Å². The Morgan fingerprint density at radius 1 is 1.05 bits per heavy atom. The van der Waals surface area contributed by atoms with Gasteiger partial charge in [-0.25, -0.2) is 4.39 Å². The summed E-state index contributed by atoms with van der Waals surface area (Å²) in [6, 6.07) is 11.1. The molecule has 1 heterocycles. The van der Waals surface area contributed by atoms with Crippen LogP contribution in [0.15, 0.2) is 46.3 Å². The van der Waals surface area contributed by atoms with Crippen LogP contribution in [0.25, 0.3) is 6.08 Å². The molecule has 5 nitrogen and oxygen atoms in total. The highest BCUT2D eigenvalue weighted by Crippen LogP contribution is 2.40. The number of ether oxygens (including phenoxy) is 2. The number of carbonyl (C=O) groups excluding carboxylic acids is 1. The first-order valence-electron chi connectivity index (χ1n) is 14.2. The molecule has 0 unspecified atom stereocenters. The molecule has 39 heavy (non-hydrogen) atoms. The zero-order valence-electron chi connectivity index (χ0n) is 22.5. The number of hydrogen-bond donors (Lipinski definition) is 0. The van der Waals surface area contributed by atoms with Crippen molar-refractivity contribution >= 4 is 51.5 Å². The van der Waals surface area contributed by atoms with Crippen molar-refractivity contribution in [2.24, 2.45) is 4.99 Å². The van der Waals surface area contributed by atoms with Gasteiger partial charge in [-0.05, 0) is 96.8 Å². The number of rotatable bonds is 8. The number of amides is 1. The summed E-state index contributed by atoms with van der Waals surface area (Å²) in [6.45, 7) is 2.49. The third kappa shape index (κ3) is 6.99. The van der Waals surface area contributed by atoms with Crippen molar-refractivity contribution < 1.29 is 18.7 Å². The summed E-state index contributed by atoms with van der Waals surface area (Å²) in [4.78, 5) is 21.6. The number of benzene rings is 2. The summed E-state index contributed by atoms with van der Waals surface area (Å²) in [5.74, 6) is 0.936. The molecule has 1 aliphatic heterocycles. The summed E-state index contributed by atoms with van der Waals surface area (Å²) < 4.78 is 27.0. The van der Waals surface area contributed by atoms with Gasteiger partial charge in [0.15, 0.2) is 16.7 Å². The Hall–Kier alpha value is -2.07. The highest BCUT2D eigenvalue weighted by molar-refractivity contribution is 14.1. The average molecular weight is 663 g/mol. The van der Waals surface area contributed by atoms with E-state index >= 15 is 0 Å². The minimum absolute atomic E-state index is 0.0642. The van der Waals surface area contributed by atoms with Crippen LogP contribution in [0.4, 0.5) is 4.39 Å². The Morgan fingerprint density at radius 3 is 2.49 bits per heavy atom. The fraction of sp³-hybridized carbons (Fsp3) is 0.484. The lowest BCUT2D eigenvalue weighted by molar-refractivity contribution is -0.124. The van der Waals surface area contributed by atoms with Crippen LogP contribution in [0.5, 0.6) is 11.5 Å². The van der Waals surface area contributed by atoms with Gasteiger partial charge in [-0.1, -0.05) is 56.7 Å². The van der Waals surface area contributed by atoms with E-state index in [1.807, 2.05) is 30.0 Å². The summed E-state index contributed by atoms with van der Waals surface area (Å²) in [6.07, 6.45) is 13.6. The molecule has 2 aliphatic carbocycles. The second kappa shape index (κ2) is 13.5. The van der Waals surface area contributed by atoms with Gasteiger partial charge in [0, 0.05) is 11.6 Å². The van der Waals surface area contributed by atoms with Crippen LogP contribution in [0.3, 0.4) is 0 Å². The van der Waals surface area contributed by atoms with Gasteiger partial charge in [0.05, 0.1) is 21.1 Å². The Balaban J connectivity index is 1.42. The number of nitrogens with zero attached hydrogens (tertiary/aromatic N) is 2. The van der Waals surface area contributed by atoms with Gasteiger partial charge in [-0.15, -0.1) is 0 Å². The van der Waals surface area contributed by atoms with Gasteiger partial charge in [0.1, 0.15) is 12.4 Å². The molecule has 3 aliphatic rings. The molecule has 208 valence electrons. The Bertz CT molecular complexity index is 1240. The lowest BCUT2D eigenvalue weighted by Crippen LogP contribution is -2.41. The van der Waals surface area contributed by atoms with E-state index in [1.54, 1.807) is 18.2 Å². The third-order valence-electron chi connectivity index (χ3n) is 7.60. The lowest BCUT2D eigenvalue weighted by Gasteiger charge is -2.31. The number of carbonyl (C=O) groups is 1. The van der Waals surface area contributed by atoms with Gasteiger partial charge >= 0.3 is 0 Å². The molecule has 0 N–H and O–H groups in total. The molecule has 1 amide bonds. The quantitative estimate of drug-likeness (QED) is 0.211. The summed E-state index contributed by atoms with van der Waals surface area (Å²) >= 11 is 3.74. The van der Waals surface area contributed by atoms with Crippen molar-refractivity contribution in [3.05, 3.63) is 61.8 Å². The molecule has 0 aromatic heterocycles.